The van der Waals surface area contributed by atoms with Gasteiger partial charge >= 0.3 is 0 Å². The van der Waals surface area contributed by atoms with Crippen molar-refractivity contribution in [3.05, 3.63) is 12.4 Å². The van der Waals surface area contributed by atoms with Crippen molar-refractivity contribution in [2.75, 3.05) is 19.5 Å². The molecule has 6 nitrogen and oxygen atoms in total. The number of fused-ring (bicyclic) bond motifs is 5. The van der Waals surface area contributed by atoms with Gasteiger partial charge in [0.15, 0.2) is 8.32 Å². The lowest BCUT2D eigenvalue weighted by Crippen LogP contribution is -2.57. The van der Waals surface area contributed by atoms with Gasteiger partial charge in [0, 0.05) is 13.3 Å². The molecular formula is C32H57N3O3Si. The van der Waals surface area contributed by atoms with Gasteiger partial charge in [-0.25, -0.2) is 0 Å². The van der Waals surface area contributed by atoms with E-state index >= 15 is 0 Å². The molecule has 1 aromatic rings. The third kappa shape index (κ3) is 5.28. The smallest absolute Gasteiger partial charge is 0.192 e. The number of nitrogen functional groups attached to an aromatic ring is 1. The van der Waals surface area contributed by atoms with Crippen LogP contribution in [0, 0.1) is 40.9 Å². The van der Waals surface area contributed by atoms with Crippen molar-refractivity contribution >= 4 is 14.0 Å². The van der Waals surface area contributed by atoms with Crippen LogP contribution in [-0.2, 0) is 15.7 Å². The number of nitrogens with zero attached hydrogens (tertiary/aromatic N) is 2. The van der Waals surface area contributed by atoms with E-state index in [2.05, 4.69) is 45.9 Å². The summed E-state index contributed by atoms with van der Waals surface area (Å²) in [7, 11) is -0.0344. The first-order chi connectivity index (χ1) is 18.1. The molecule has 4 fully saturated rings. The van der Waals surface area contributed by atoms with Gasteiger partial charge in [-0.1, -0.05) is 27.7 Å². The fourth-order valence-corrected chi connectivity index (χ4v) is 11.7. The Morgan fingerprint density at radius 1 is 1.05 bits per heavy atom. The average Bonchev–Trinajstić information content (AvgIpc) is 3.39. The molecule has 9 atom stereocenters. The van der Waals surface area contributed by atoms with Crippen molar-refractivity contribution in [1.82, 2.24) is 9.78 Å². The predicted molar refractivity (Wildman–Crippen MR) is 161 cm³/mol. The number of ether oxygens (including phenoxy) is 1. The summed E-state index contributed by atoms with van der Waals surface area (Å²) in [6.07, 6.45) is 14.8. The Hall–Kier alpha value is -0.893. The van der Waals surface area contributed by atoms with Crippen molar-refractivity contribution < 1.29 is 14.3 Å². The second-order valence-corrected chi connectivity index (χ2v) is 20.9. The van der Waals surface area contributed by atoms with E-state index in [0.717, 1.165) is 49.0 Å². The summed E-state index contributed by atoms with van der Waals surface area (Å²) >= 11 is 0. The van der Waals surface area contributed by atoms with Crippen LogP contribution >= 0.6 is 0 Å². The predicted octanol–water partition coefficient (Wildman–Crippen LogP) is 6.89. The van der Waals surface area contributed by atoms with E-state index in [0.29, 0.717) is 18.2 Å². The topological polar surface area (TPSA) is 82.5 Å². The zero-order chi connectivity index (χ0) is 28.4. The summed E-state index contributed by atoms with van der Waals surface area (Å²) in [5, 5.41) is 16.4. The van der Waals surface area contributed by atoms with Gasteiger partial charge in [0.2, 0.25) is 0 Å². The number of rotatable bonds is 7. The van der Waals surface area contributed by atoms with Crippen LogP contribution in [0.5, 0.6) is 0 Å². The number of methoxy groups -OCH3 is 1. The zero-order valence-corrected chi connectivity index (χ0v) is 27.1. The van der Waals surface area contributed by atoms with Crippen molar-refractivity contribution in [3.8, 4) is 0 Å². The van der Waals surface area contributed by atoms with Gasteiger partial charge in [0.1, 0.15) is 0 Å². The second-order valence-electron chi connectivity index (χ2n) is 16.2. The lowest BCUT2D eigenvalue weighted by atomic mass is 9.48. The van der Waals surface area contributed by atoms with Gasteiger partial charge in [0.25, 0.3) is 0 Å². The van der Waals surface area contributed by atoms with E-state index in [1.807, 2.05) is 24.9 Å². The maximum Gasteiger partial charge on any atom is 0.192 e. The molecule has 0 aromatic carbocycles. The first kappa shape index (κ1) is 29.6. The van der Waals surface area contributed by atoms with E-state index in [9.17, 15) is 5.11 Å². The highest BCUT2D eigenvalue weighted by Gasteiger charge is 2.61. The Bertz CT molecular complexity index is 1020. The minimum absolute atomic E-state index is 0.109. The molecule has 7 heteroatoms. The van der Waals surface area contributed by atoms with Crippen molar-refractivity contribution in [1.29, 1.82) is 0 Å². The maximum absolute atomic E-state index is 11.8. The van der Waals surface area contributed by atoms with Crippen molar-refractivity contribution in [2.45, 2.75) is 128 Å². The standard InChI is InChI=1S/C32H57N3O3Si/c1-29(2,3)39(7,8)38-32(21-37-6)16-14-24-22(17-32)9-10-26-25(24)13-15-30(4)27(26)11-12-28(30)31(5,36)20-35-19-23(33)18-34-35/h18-19,22,24-28,36H,9-17,20-21,33H2,1-8H3/t22-,24+,25-,26-,27+,28?,30+,31?,32?/m1/s1. The molecule has 4 aliphatic rings. The monoisotopic (exact) mass is 559 g/mol. The molecule has 1 aromatic heterocycles. The summed E-state index contributed by atoms with van der Waals surface area (Å²) in [6.45, 7) is 17.7. The summed E-state index contributed by atoms with van der Waals surface area (Å²) in [5.41, 5.74) is 5.89. The number of aliphatic hydroxyl groups is 1. The summed E-state index contributed by atoms with van der Waals surface area (Å²) in [4.78, 5) is 0. The molecule has 0 radical (unpaired) electrons. The lowest BCUT2D eigenvalue weighted by molar-refractivity contribution is -0.134. The molecule has 0 spiro atoms. The van der Waals surface area contributed by atoms with Crippen LogP contribution in [0.15, 0.2) is 12.4 Å². The quantitative estimate of drug-likeness (QED) is 0.355. The second kappa shape index (κ2) is 10.1. The molecule has 5 rings (SSSR count). The summed E-state index contributed by atoms with van der Waals surface area (Å²) in [6, 6.07) is 0. The van der Waals surface area contributed by atoms with Crippen LogP contribution in [0.25, 0.3) is 0 Å². The number of aromatic nitrogens is 2. The van der Waals surface area contributed by atoms with Gasteiger partial charge in [-0.15, -0.1) is 0 Å². The van der Waals surface area contributed by atoms with E-state index in [4.69, 9.17) is 14.9 Å². The molecule has 3 unspecified atom stereocenters. The Kier molecular flexibility index (Phi) is 7.69. The molecule has 39 heavy (non-hydrogen) atoms. The Labute approximate surface area is 238 Å². The molecule has 222 valence electrons. The van der Waals surface area contributed by atoms with E-state index in [1.165, 1.54) is 44.9 Å². The van der Waals surface area contributed by atoms with Crippen LogP contribution in [0.1, 0.15) is 92.4 Å². The highest BCUT2D eigenvalue weighted by atomic mass is 28.4. The third-order valence-electron chi connectivity index (χ3n) is 12.7. The third-order valence-corrected chi connectivity index (χ3v) is 17.2. The van der Waals surface area contributed by atoms with Crippen molar-refractivity contribution in [2.24, 2.45) is 40.9 Å². The Morgan fingerprint density at radius 2 is 1.77 bits per heavy atom. The van der Waals surface area contributed by atoms with Crippen LogP contribution in [0.3, 0.4) is 0 Å². The Balaban J connectivity index is 1.30. The molecular weight excluding hydrogens is 502 g/mol. The molecule has 0 aliphatic heterocycles. The highest BCUT2D eigenvalue weighted by molar-refractivity contribution is 6.74. The first-order valence-corrected chi connectivity index (χ1v) is 18.7. The van der Waals surface area contributed by atoms with Crippen LogP contribution in [0.2, 0.25) is 18.1 Å². The Morgan fingerprint density at radius 3 is 2.41 bits per heavy atom. The molecule has 4 saturated carbocycles. The fraction of sp³-hybridized carbons (Fsp3) is 0.906. The number of hydrogen-bond acceptors (Lipinski definition) is 5. The van der Waals surface area contributed by atoms with Gasteiger partial charge in [-0.05, 0) is 124 Å². The normalized spacial score (nSPS) is 40.4. The van der Waals surface area contributed by atoms with Crippen LogP contribution in [0.4, 0.5) is 5.69 Å². The van der Waals surface area contributed by atoms with Gasteiger partial charge in [-0.2, -0.15) is 5.10 Å². The minimum atomic E-state index is -1.89. The summed E-state index contributed by atoms with van der Waals surface area (Å²) in [5.74, 6) is 4.26. The maximum atomic E-state index is 11.8. The SMILES string of the molecule is COCC1(O[Si](C)(C)C(C)(C)C)CC[C@H]2[C@H](CC[C@@H]3[C@@H]2CC[C@]2(C)C(C(C)(O)Cn4cc(N)cn4)CC[C@@H]32)C1. The van der Waals surface area contributed by atoms with Crippen LogP contribution < -0.4 is 5.73 Å². The average molecular weight is 560 g/mol. The molecule has 0 saturated heterocycles. The fourth-order valence-electron chi connectivity index (χ4n) is 10.1. The van der Waals surface area contributed by atoms with E-state index in [-0.39, 0.29) is 16.1 Å². The zero-order valence-electron chi connectivity index (χ0n) is 26.1. The van der Waals surface area contributed by atoms with E-state index in [1.54, 1.807) is 6.20 Å². The van der Waals surface area contributed by atoms with Gasteiger partial charge in [-0.3, -0.25) is 4.68 Å². The molecule has 1 heterocycles. The molecule has 0 amide bonds. The first-order valence-electron chi connectivity index (χ1n) is 15.8. The highest BCUT2D eigenvalue weighted by Crippen LogP contribution is 2.66. The van der Waals surface area contributed by atoms with Gasteiger partial charge < -0.3 is 20.0 Å². The van der Waals surface area contributed by atoms with Crippen LogP contribution in [-0.4, -0.2) is 48.1 Å². The summed E-state index contributed by atoms with van der Waals surface area (Å²) < 4.78 is 14.9. The number of nitrogens with two attached hydrogens (primary N) is 1. The number of anilines is 1. The van der Waals surface area contributed by atoms with E-state index < -0.39 is 13.9 Å². The molecule has 0 bridgehead atoms. The molecule has 3 N–H and O–H groups in total. The largest absolute Gasteiger partial charge is 0.409 e. The lowest BCUT2D eigenvalue weighted by Gasteiger charge is -2.59. The number of hydrogen-bond donors (Lipinski definition) is 2. The minimum Gasteiger partial charge on any atom is -0.409 e. The van der Waals surface area contributed by atoms with Crippen molar-refractivity contribution in [3.63, 3.8) is 0 Å². The van der Waals surface area contributed by atoms with Gasteiger partial charge in [0.05, 0.1) is 36.2 Å². The molecule has 4 aliphatic carbocycles.